The van der Waals surface area contributed by atoms with Crippen LogP contribution in [-0.2, 0) is 0 Å². The molecule has 0 saturated carbocycles. The van der Waals surface area contributed by atoms with E-state index >= 15 is 0 Å². The summed E-state index contributed by atoms with van der Waals surface area (Å²) in [5.74, 6) is 1.65. The Morgan fingerprint density at radius 1 is 0.821 bits per heavy atom. The third-order valence-electron chi connectivity index (χ3n) is 4.80. The molecule has 28 heavy (non-hydrogen) atoms. The molecule has 1 saturated heterocycles. The quantitative estimate of drug-likeness (QED) is 0.623. The average molecular weight is 377 g/mol. The Hall–Kier alpha value is -3.15. The van der Waals surface area contributed by atoms with Crippen LogP contribution in [0.3, 0.4) is 0 Å². The molecule has 0 atom stereocenters. The Kier molecular flexibility index (Phi) is 5.37. The van der Waals surface area contributed by atoms with Gasteiger partial charge in [-0.05, 0) is 68.7 Å². The SMILES string of the molecule is Cc1nc(Nc2ccc(N3CCCCC3)cc2)cc(Nc2cccc(F)c2)n1. The van der Waals surface area contributed by atoms with E-state index in [-0.39, 0.29) is 5.82 Å². The zero-order valence-corrected chi connectivity index (χ0v) is 16.0. The van der Waals surface area contributed by atoms with Crippen molar-refractivity contribution in [1.29, 1.82) is 0 Å². The fourth-order valence-electron chi connectivity index (χ4n) is 3.47. The maximum atomic E-state index is 13.4. The summed E-state index contributed by atoms with van der Waals surface area (Å²) in [7, 11) is 0. The van der Waals surface area contributed by atoms with Gasteiger partial charge in [-0.25, -0.2) is 14.4 Å². The van der Waals surface area contributed by atoms with E-state index in [4.69, 9.17) is 0 Å². The van der Waals surface area contributed by atoms with Crippen molar-refractivity contribution in [3.8, 4) is 0 Å². The van der Waals surface area contributed by atoms with E-state index < -0.39 is 0 Å². The van der Waals surface area contributed by atoms with Gasteiger partial charge in [0.1, 0.15) is 23.3 Å². The molecular formula is C22H24FN5. The molecule has 0 aliphatic carbocycles. The molecule has 1 aliphatic heterocycles. The third kappa shape index (κ3) is 4.57. The number of nitrogens with zero attached hydrogens (tertiary/aromatic N) is 3. The molecule has 2 aromatic carbocycles. The van der Waals surface area contributed by atoms with Crippen LogP contribution in [0.25, 0.3) is 0 Å². The van der Waals surface area contributed by atoms with Gasteiger partial charge in [-0.1, -0.05) is 6.07 Å². The first-order valence-corrected chi connectivity index (χ1v) is 9.66. The summed E-state index contributed by atoms with van der Waals surface area (Å²) < 4.78 is 13.4. The van der Waals surface area contributed by atoms with Gasteiger partial charge in [0, 0.05) is 36.2 Å². The van der Waals surface area contributed by atoms with Crippen molar-refractivity contribution in [3.63, 3.8) is 0 Å². The van der Waals surface area contributed by atoms with Gasteiger partial charge in [0.25, 0.3) is 0 Å². The van der Waals surface area contributed by atoms with Gasteiger partial charge in [-0.3, -0.25) is 0 Å². The number of hydrogen-bond acceptors (Lipinski definition) is 5. The first-order chi connectivity index (χ1) is 13.7. The van der Waals surface area contributed by atoms with Crippen LogP contribution in [0, 0.1) is 12.7 Å². The van der Waals surface area contributed by atoms with E-state index in [0.29, 0.717) is 23.1 Å². The van der Waals surface area contributed by atoms with Crippen molar-refractivity contribution in [2.45, 2.75) is 26.2 Å². The zero-order chi connectivity index (χ0) is 19.3. The van der Waals surface area contributed by atoms with Gasteiger partial charge in [0.2, 0.25) is 0 Å². The molecule has 2 heterocycles. The molecule has 5 nitrogen and oxygen atoms in total. The Labute approximate surface area is 164 Å². The van der Waals surface area contributed by atoms with Gasteiger partial charge in [-0.2, -0.15) is 0 Å². The first-order valence-electron chi connectivity index (χ1n) is 9.66. The smallest absolute Gasteiger partial charge is 0.136 e. The van der Waals surface area contributed by atoms with Crippen LogP contribution in [0.1, 0.15) is 25.1 Å². The van der Waals surface area contributed by atoms with Gasteiger partial charge in [0.05, 0.1) is 0 Å². The number of rotatable bonds is 5. The van der Waals surface area contributed by atoms with Crippen LogP contribution >= 0.6 is 0 Å². The maximum absolute atomic E-state index is 13.4. The lowest BCUT2D eigenvalue weighted by atomic mass is 10.1. The Morgan fingerprint density at radius 2 is 1.50 bits per heavy atom. The number of piperidine rings is 1. The molecule has 1 fully saturated rings. The number of aromatic nitrogens is 2. The predicted molar refractivity (Wildman–Crippen MR) is 112 cm³/mol. The summed E-state index contributed by atoms with van der Waals surface area (Å²) in [5, 5.41) is 6.45. The first kappa shape index (κ1) is 18.2. The van der Waals surface area contributed by atoms with E-state index in [1.165, 1.54) is 37.1 Å². The molecule has 0 spiro atoms. The van der Waals surface area contributed by atoms with E-state index in [0.717, 1.165) is 18.8 Å². The molecule has 2 N–H and O–H groups in total. The average Bonchev–Trinajstić information content (AvgIpc) is 2.69. The lowest BCUT2D eigenvalue weighted by molar-refractivity contribution is 0.578. The van der Waals surface area contributed by atoms with Crippen molar-refractivity contribution in [2.75, 3.05) is 28.6 Å². The van der Waals surface area contributed by atoms with Crippen LogP contribution < -0.4 is 15.5 Å². The highest BCUT2D eigenvalue weighted by atomic mass is 19.1. The maximum Gasteiger partial charge on any atom is 0.136 e. The summed E-state index contributed by atoms with van der Waals surface area (Å²) in [6, 6.07) is 16.6. The number of nitrogens with one attached hydrogen (secondary N) is 2. The minimum Gasteiger partial charge on any atom is -0.372 e. The Balaban J connectivity index is 1.47. The van der Waals surface area contributed by atoms with E-state index in [1.807, 2.05) is 13.0 Å². The summed E-state index contributed by atoms with van der Waals surface area (Å²) in [5.41, 5.74) is 2.88. The summed E-state index contributed by atoms with van der Waals surface area (Å²) in [4.78, 5) is 11.3. The molecule has 0 unspecified atom stereocenters. The lowest BCUT2D eigenvalue weighted by Crippen LogP contribution is -2.29. The highest BCUT2D eigenvalue weighted by molar-refractivity contribution is 5.65. The minimum atomic E-state index is -0.289. The van der Waals surface area contributed by atoms with E-state index in [1.54, 1.807) is 12.1 Å². The van der Waals surface area contributed by atoms with Crippen molar-refractivity contribution >= 4 is 28.7 Å². The molecule has 0 amide bonds. The van der Waals surface area contributed by atoms with Crippen LogP contribution in [0.4, 0.5) is 33.1 Å². The van der Waals surface area contributed by atoms with Gasteiger partial charge in [0.15, 0.2) is 0 Å². The molecule has 3 aromatic rings. The number of benzene rings is 2. The van der Waals surface area contributed by atoms with Gasteiger partial charge in [-0.15, -0.1) is 0 Å². The van der Waals surface area contributed by atoms with Crippen LogP contribution in [-0.4, -0.2) is 23.1 Å². The number of anilines is 5. The summed E-state index contributed by atoms with van der Waals surface area (Å²) >= 11 is 0. The third-order valence-corrected chi connectivity index (χ3v) is 4.80. The van der Waals surface area contributed by atoms with Gasteiger partial charge >= 0.3 is 0 Å². The molecular weight excluding hydrogens is 353 g/mol. The van der Waals surface area contributed by atoms with Crippen molar-refractivity contribution < 1.29 is 4.39 Å². The molecule has 6 heteroatoms. The normalized spacial score (nSPS) is 14.0. The zero-order valence-electron chi connectivity index (χ0n) is 16.0. The second-order valence-corrected chi connectivity index (χ2v) is 7.04. The molecule has 1 aliphatic rings. The van der Waals surface area contributed by atoms with E-state index in [9.17, 15) is 4.39 Å². The lowest BCUT2D eigenvalue weighted by Gasteiger charge is -2.28. The van der Waals surface area contributed by atoms with Crippen molar-refractivity contribution in [1.82, 2.24) is 9.97 Å². The molecule has 4 rings (SSSR count). The van der Waals surface area contributed by atoms with Gasteiger partial charge < -0.3 is 15.5 Å². The Morgan fingerprint density at radius 3 is 2.18 bits per heavy atom. The highest BCUT2D eigenvalue weighted by Crippen LogP contribution is 2.24. The fraction of sp³-hybridized carbons (Fsp3) is 0.273. The number of halogens is 1. The number of hydrogen-bond donors (Lipinski definition) is 2. The Bertz CT molecular complexity index is 936. The second kappa shape index (κ2) is 8.25. The molecule has 1 aromatic heterocycles. The van der Waals surface area contributed by atoms with Crippen molar-refractivity contribution in [3.05, 3.63) is 66.2 Å². The summed E-state index contributed by atoms with van der Waals surface area (Å²) in [6.07, 6.45) is 3.86. The monoisotopic (exact) mass is 377 g/mol. The topological polar surface area (TPSA) is 53.1 Å². The van der Waals surface area contributed by atoms with Crippen LogP contribution in [0.2, 0.25) is 0 Å². The second-order valence-electron chi connectivity index (χ2n) is 7.04. The molecule has 144 valence electrons. The largest absolute Gasteiger partial charge is 0.372 e. The van der Waals surface area contributed by atoms with Crippen molar-refractivity contribution in [2.24, 2.45) is 0 Å². The van der Waals surface area contributed by atoms with E-state index in [2.05, 4.69) is 49.8 Å². The molecule has 0 bridgehead atoms. The summed E-state index contributed by atoms with van der Waals surface area (Å²) in [6.45, 7) is 4.10. The minimum absolute atomic E-state index is 0.289. The van der Waals surface area contributed by atoms with Crippen LogP contribution in [0.15, 0.2) is 54.6 Å². The fourth-order valence-corrected chi connectivity index (χ4v) is 3.47. The van der Waals surface area contributed by atoms with Crippen LogP contribution in [0.5, 0.6) is 0 Å². The molecule has 0 radical (unpaired) electrons. The highest BCUT2D eigenvalue weighted by Gasteiger charge is 2.11. The number of aryl methyl sites for hydroxylation is 1. The predicted octanol–water partition coefficient (Wildman–Crippen LogP) is 5.40. The standard InChI is InChI=1S/C22H24FN5/c1-16-24-21(15-22(25-16)27-19-7-5-6-17(23)14-19)26-18-8-10-20(11-9-18)28-12-3-2-4-13-28/h5-11,14-15H,2-4,12-13H2,1H3,(H2,24,25,26,27).